The minimum Gasteiger partial charge on any atom is -0.490 e. The lowest BCUT2D eigenvalue weighted by Crippen LogP contribution is -2.17. The summed E-state index contributed by atoms with van der Waals surface area (Å²) < 4.78 is 41.3. The van der Waals surface area contributed by atoms with Gasteiger partial charge in [-0.25, -0.2) is 13.6 Å². The van der Waals surface area contributed by atoms with Crippen molar-refractivity contribution in [3.63, 3.8) is 0 Å². The van der Waals surface area contributed by atoms with E-state index in [0.29, 0.717) is 0 Å². The molecule has 26 heavy (non-hydrogen) atoms. The lowest BCUT2D eigenvalue weighted by molar-refractivity contribution is -0.385. The van der Waals surface area contributed by atoms with Crippen molar-refractivity contribution < 1.29 is 32.7 Å². The summed E-state index contributed by atoms with van der Waals surface area (Å²) in [5, 5.41) is 10.8. The number of nitro groups is 1. The van der Waals surface area contributed by atoms with Gasteiger partial charge in [-0.1, -0.05) is 6.07 Å². The first-order valence-corrected chi connectivity index (χ1v) is 7.41. The zero-order chi connectivity index (χ0) is 19.3. The van der Waals surface area contributed by atoms with Crippen LogP contribution in [-0.4, -0.2) is 24.6 Å². The van der Waals surface area contributed by atoms with Crippen LogP contribution in [0, 0.1) is 21.7 Å². The van der Waals surface area contributed by atoms with Crippen LogP contribution in [0.5, 0.6) is 11.5 Å². The van der Waals surface area contributed by atoms with Crippen molar-refractivity contribution in [3.05, 3.63) is 63.7 Å². The van der Waals surface area contributed by atoms with E-state index in [1.165, 1.54) is 38.3 Å². The minimum atomic E-state index is -1.04. The highest BCUT2D eigenvalue weighted by molar-refractivity contribution is 5.71. The second kappa shape index (κ2) is 8.24. The highest BCUT2D eigenvalue weighted by Crippen LogP contribution is 2.30. The second-order valence-corrected chi connectivity index (χ2v) is 5.19. The van der Waals surface area contributed by atoms with Crippen LogP contribution >= 0.6 is 0 Å². The van der Waals surface area contributed by atoms with E-state index in [2.05, 4.69) is 0 Å². The fourth-order valence-corrected chi connectivity index (χ4v) is 2.11. The molecule has 0 saturated heterocycles. The minimum absolute atomic E-state index is 0.0176. The Morgan fingerprint density at radius 1 is 1.19 bits per heavy atom. The number of methoxy groups -OCH3 is 1. The van der Waals surface area contributed by atoms with Gasteiger partial charge in [-0.05, 0) is 30.7 Å². The number of hydrogen-bond acceptors (Lipinski definition) is 6. The predicted molar refractivity (Wildman–Crippen MR) is 86.0 cm³/mol. The maximum absolute atomic E-state index is 13.2. The molecule has 0 spiro atoms. The van der Waals surface area contributed by atoms with Gasteiger partial charge in [0.1, 0.15) is 11.9 Å². The van der Waals surface area contributed by atoms with E-state index in [-0.39, 0.29) is 22.7 Å². The first kappa shape index (κ1) is 19.1. The summed E-state index contributed by atoms with van der Waals surface area (Å²) in [6.45, 7) is 1.02. The van der Waals surface area contributed by atoms with Crippen molar-refractivity contribution in [2.75, 3.05) is 13.7 Å². The summed E-state index contributed by atoms with van der Waals surface area (Å²) in [6.07, 6.45) is -0.812. The average molecular weight is 367 g/mol. The molecule has 1 unspecified atom stereocenters. The Labute approximate surface area is 147 Å². The molecule has 0 heterocycles. The van der Waals surface area contributed by atoms with Crippen molar-refractivity contribution in [2.24, 2.45) is 0 Å². The molecule has 2 aromatic carbocycles. The van der Waals surface area contributed by atoms with Crippen LogP contribution in [0.1, 0.15) is 18.6 Å². The van der Waals surface area contributed by atoms with Crippen LogP contribution in [0.3, 0.4) is 0 Å². The van der Waals surface area contributed by atoms with Crippen LogP contribution in [0.4, 0.5) is 14.5 Å². The zero-order valence-corrected chi connectivity index (χ0v) is 13.9. The largest absolute Gasteiger partial charge is 0.490 e. The molecular weight excluding hydrogens is 352 g/mol. The molecule has 2 aromatic rings. The normalized spacial score (nSPS) is 11.5. The first-order chi connectivity index (χ1) is 12.3. The number of ether oxygens (including phenoxy) is 3. The zero-order valence-electron chi connectivity index (χ0n) is 13.9. The van der Waals surface area contributed by atoms with Gasteiger partial charge in [-0.2, -0.15) is 0 Å². The van der Waals surface area contributed by atoms with Gasteiger partial charge >= 0.3 is 11.7 Å². The highest BCUT2D eigenvalue weighted by Gasteiger charge is 2.17. The van der Waals surface area contributed by atoms with E-state index in [0.717, 1.165) is 12.1 Å². The maximum atomic E-state index is 13.2. The standard InChI is InChI=1S/C17H15F2NO6/c1-10(11-3-5-13(18)14(19)7-11)26-17(21)9-25-12-4-6-15(20(22)23)16(8-12)24-2/h3-8,10H,9H2,1-2H3. The fourth-order valence-electron chi connectivity index (χ4n) is 2.11. The first-order valence-electron chi connectivity index (χ1n) is 7.41. The summed E-state index contributed by atoms with van der Waals surface area (Å²) in [5.74, 6) is -2.64. The molecule has 9 heteroatoms. The van der Waals surface area contributed by atoms with E-state index in [9.17, 15) is 23.7 Å². The Morgan fingerprint density at radius 2 is 1.92 bits per heavy atom. The van der Waals surface area contributed by atoms with E-state index < -0.39 is 35.2 Å². The van der Waals surface area contributed by atoms with E-state index >= 15 is 0 Å². The van der Waals surface area contributed by atoms with Crippen LogP contribution in [0.2, 0.25) is 0 Å². The van der Waals surface area contributed by atoms with Gasteiger partial charge in [0.05, 0.1) is 12.0 Å². The third-order valence-electron chi connectivity index (χ3n) is 3.43. The van der Waals surface area contributed by atoms with Gasteiger partial charge in [-0.15, -0.1) is 0 Å². The smallest absolute Gasteiger partial charge is 0.344 e. The number of rotatable bonds is 7. The van der Waals surface area contributed by atoms with Crippen molar-refractivity contribution in [2.45, 2.75) is 13.0 Å². The second-order valence-electron chi connectivity index (χ2n) is 5.19. The quantitative estimate of drug-likeness (QED) is 0.422. The van der Waals surface area contributed by atoms with E-state index in [1.54, 1.807) is 0 Å². The monoisotopic (exact) mass is 367 g/mol. The molecule has 0 aliphatic heterocycles. The summed E-state index contributed by atoms with van der Waals surface area (Å²) >= 11 is 0. The van der Waals surface area contributed by atoms with Crippen molar-refractivity contribution in [3.8, 4) is 11.5 Å². The Balaban J connectivity index is 1.96. The molecule has 0 saturated carbocycles. The Kier molecular flexibility index (Phi) is 6.05. The molecule has 7 nitrogen and oxygen atoms in total. The molecule has 138 valence electrons. The summed E-state index contributed by atoms with van der Waals surface area (Å²) in [6, 6.07) is 6.95. The molecule has 0 radical (unpaired) electrons. The Bertz CT molecular complexity index is 827. The molecular formula is C17H15F2NO6. The van der Waals surface area contributed by atoms with Crippen LogP contribution in [0.15, 0.2) is 36.4 Å². The SMILES string of the molecule is COc1cc(OCC(=O)OC(C)c2ccc(F)c(F)c2)ccc1[N+](=O)[O-]. The third kappa shape index (κ3) is 4.65. The molecule has 0 aliphatic rings. The van der Waals surface area contributed by atoms with Gasteiger partial charge in [-0.3, -0.25) is 10.1 Å². The van der Waals surface area contributed by atoms with Gasteiger partial charge < -0.3 is 14.2 Å². The van der Waals surface area contributed by atoms with Crippen molar-refractivity contribution >= 4 is 11.7 Å². The maximum Gasteiger partial charge on any atom is 0.344 e. The van der Waals surface area contributed by atoms with Crippen molar-refractivity contribution in [1.29, 1.82) is 0 Å². The van der Waals surface area contributed by atoms with Crippen LogP contribution < -0.4 is 9.47 Å². The van der Waals surface area contributed by atoms with Gasteiger partial charge in [0.25, 0.3) is 0 Å². The average Bonchev–Trinajstić information content (AvgIpc) is 2.61. The topological polar surface area (TPSA) is 87.9 Å². The molecule has 1 atom stereocenters. The number of halogens is 2. The van der Waals surface area contributed by atoms with E-state index in [4.69, 9.17) is 14.2 Å². The molecule has 0 fully saturated rings. The van der Waals surface area contributed by atoms with Gasteiger partial charge in [0.2, 0.25) is 5.75 Å². The number of benzene rings is 2. The molecule has 0 aliphatic carbocycles. The van der Waals surface area contributed by atoms with E-state index in [1.807, 2.05) is 0 Å². The van der Waals surface area contributed by atoms with Gasteiger partial charge in [0.15, 0.2) is 18.2 Å². The summed E-state index contributed by atoms with van der Waals surface area (Å²) in [4.78, 5) is 22.0. The lowest BCUT2D eigenvalue weighted by Gasteiger charge is -2.14. The summed E-state index contributed by atoms with van der Waals surface area (Å²) in [5.41, 5.74) is 0.0450. The number of carbonyl (C=O) groups is 1. The van der Waals surface area contributed by atoms with Gasteiger partial charge in [0, 0.05) is 12.1 Å². The van der Waals surface area contributed by atoms with Crippen LogP contribution in [-0.2, 0) is 9.53 Å². The number of nitrogens with zero attached hydrogens (tertiary/aromatic N) is 1. The van der Waals surface area contributed by atoms with Crippen LogP contribution in [0.25, 0.3) is 0 Å². The number of hydrogen-bond donors (Lipinski definition) is 0. The number of carbonyl (C=O) groups excluding carboxylic acids is 1. The Morgan fingerprint density at radius 3 is 2.54 bits per heavy atom. The summed E-state index contributed by atoms with van der Waals surface area (Å²) in [7, 11) is 1.27. The fraction of sp³-hybridized carbons (Fsp3) is 0.235. The molecule has 0 amide bonds. The number of esters is 1. The highest BCUT2D eigenvalue weighted by atomic mass is 19.2. The van der Waals surface area contributed by atoms with Crippen molar-refractivity contribution in [1.82, 2.24) is 0 Å². The third-order valence-corrected chi connectivity index (χ3v) is 3.43. The molecule has 0 N–H and O–H groups in total. The molecule has 0 aromatic heterocycles. The molecule has 0 bridgehead atoms. The molecule has 2 rings (SSSR count). The lowest BCUT2D eigenvalue weighted by atomic mass is 10.1. The predicted octanol–water partition coefficient (Wildman–Crippen LogP) is 3.56. The Hall–Kier alpha value is -3.23. The number of nitro benzene ring substituents is 1.